The molecule has 0 spiro atoms. The van der Waals surface area contributed by atoms with Gasteiger partial charge in [-0.25, -0.2) is 0 Å². The molecule has 0 bridgehead atoms. The fourth-order valence-corrected chi connectivity index (χ4v) is 2.21. The zero-order valence-corrected chi connectivity index (χ0v) is 11.2. The van der Waals surface area contributed by atoms with E-state index in [1.54, 1.807) is 32.4 Å². The molecule has 2 unspecified atom stereocenters. The summed E-state index contributed by atoms with van der Waals surface area (Å²) in [4.78, 5) is 12.4. The van der Waals surface area contributed by atoms with Gasteiger partial charge in [0.25, 0.3) is 0 Å². The van der Waals surface area contributed by atoms with Crippen molar-refractivity contribution < 1.29 is 19.0 Å². The second kappa shape index (κ2) is 6.04. The predicted octanol–water partition coefficient (Wildman–Crippen LogP) is 1.39. The molecule has 2 rings (SSSR count). The van der Waals surface area contributed by atoms with E-state index in [9.17, 15) is 4.79 Å². The molecule has 1 aliphatic heterocycles. The Labute approximate surface area is 112 Å². The average molecular weight is 265 g/mol. The minimum Gasteiger partial charge on any atom is -0.497 e. The van der Waals surface area contributed by atoms with Crippen LogP contribution in [0.2, 0.25) is 0 Å². The molecule has 104 valence electrons. The van der Waals surface area contributed by atoms with E-state index in [0.29, 0.717) is 30.0 Å². The van der Waals surface area contributed by atoms with Crippen LogP contribution in [-0.2, 0) is 4.74 Å². The lowest BCUT2D eigenvalue weighted by Crippen LogP contribution is -2.25. The van der Waals surface area contributed by atoms with E-state index in [4.69, 9.17) is 19.9 Å². The summed E-state index contributed by atoms with van der Waals surface area (Å²) in [5.41, 5.74) is 6.09. The van der Waals surface area contributed by atoms with Crippen molar-refractivity contribution in [3.63, 3.8) is 0 Å². The second-order valence-corrected chi connectivity index (χ2v) is 4.53. The first-order valence-electron chi connectivity index (χ1n) is 6.30. The number of benzene rings is 1. The van der Waals surface area contributed by atoms with Crippen molar-refractivity contribution in [3.05, 3.63) is 23.8 Å². The number of Topliss-reactive ketones (excluding diaryl/α,β-unsaturated/α-hetero) is 1. The van der Waals surface area contributed by atoms with E-state index in [1.807, 2.05) is 0 Å². The Morgan fingerprint density at radius 2 is 1.89 bits per heavy atom. The van der Waals surface area contributed by atoms with Crippen LogP contribution in [0.15, 0.2) is 18.2 Å². The number of hydrogen-bond acceptors (Lipinski definition) is 5. The third-order valence-electron chi connectivity index (χ3n) is 3.30. The van der Waals surface area contributed by atoms with Crippen molar-refractivity contribution in [3.8, 4) is 11.5 Å². The molecule has 2 atom stereocenters. The highest BCUT2D eigenvalue weighted by Gasteiger charge is 2.30. The van der Waals surface area contributed by atoms with E-state index in [-0.39, 0.29) is 11.9 Å². The first-order chi connectivity index (χ1) is 9.17. The summed E-state index contributed by atoms with van der Waals surface area (Å²) in [5, 5.41) is 0. The molecule has 19 heavy (non-hydrogen) atoms. The Morgan fingerprint density at radius 1 is 1.26 bits per heavy atom. The quantitative estimate of drug-likeness (QED) is 0.815. The van der Waals surface area contributed by atoms with Gasteiger partial charge in [0.15, 0.2) is 5.78 Å². The van der Waals surface area contributed by atoms with Crippen LogP contribution < -0.4 is 15.2 Å². The maximum absolute atomic E-state index is 12.4. The molecule has 1 saturated heterocycles. The average Bonchev–Trinajstić information content (AvgIpc) is 2.94. The molecule has 1 heterocycles. The van der Waals surface area contributed by atoms with E-state index in [1.165, 1.54) is 0 Å². The highest BCUT2D eigenvalue weighted by Crippen LogP contribution is 2.27. The van der Waals surface area contributed by atoms with Crippen molar-refractivity contribution in [1.29, 1.82) is 0 Å². The second-order valence-electron chi connectivity index (χ2n) is 4.53. The Hall–Kier alpha value is -1.59. The molecule has 1 fully saturated rings. The summed E-state index contributed by atoms with van der Waals surface area (Å²) < 4.78 is 15.9. The molecule has 0 radical (unpaired) electrons. The smallest absolute Gasteiger partial charge is 0.191 e. The third kappa shape index (κ3) is 3.05. The molecule has 0 aromatic heterocycles. The summed E-state index contributed by atoms with van der Waals surface area (Å²) in [5.74, 6) is 1.14. The lowest BCUT2D eigenvalue weighted by molar-refractivity contribution is 0.0404. The summed E-state index contributed by atoms with van der Waals surface area (Å²) in [6.45, 7) is 0.450. The van der Waals surface area contributed by atoms with Crippen LogP contribution in [0, 0.1) is 0 Å². The van der Waals surface area contributed by atoms with Crippen molar-refractivity contribution >= 4 is 5.78 Å². The molecule has 1 aliphatic rings. The van der Waals surface area contributed by atoms with E-state index in [0.717, 1.165) is 6.42 Å². The molecule has 1 aromatic carbocycles. The first-order valence-corrected chi connectivity index (χ1v) is 6.30. The zero-order valence-electron chi connectivity index (χ0n) is 11.2. The van der Waals surface area contributed by atoms with E-state index >= 15 is 0 Å². The van der Waals surface area contributed by atoms with Gasteiger partial charge in [0.05, 0.1) is 20.3 Å². The zero-order chi connectivity index (χ0) is 13.8. The van der Waals surface area contributed by atoms with Gasteiger partial charge in [-0.1, -0.05) is 0 Å². The fourth-order valence-electron chi connectivity index (χ4n) is 2.21. The lowest BCUT2D eigenvalue weighted by Gasteiger charge is -2.13. The molecule has 5 nitrogen and oxygen atoms in total. The monoisotopic (exact) mass is 265 g/mol. The molecule has 0 saturated carbocycles. The number of methoxy groups -OCH3 is 2. The van der Waals surface area contributed by atoms with Gasteiger partial charge in [-0.05, 0) is 25.0 Å². The molecular formula is C14H19NO4. The van der Waals surface area contributed by atoms with Gasteiger partial charge < -0.3 is 19.9 Å². The highest BCUT2D eigenvalue weighted by atomic mass is 16.5. The number of ether oxygens (including phenoxy) is 3. The molecule has 1 aromatic rings. The SMILES string of the molecule is COc1cc(OC)cc(C(=O)C2CCC(CN)O2)c1. The number of rotatable bonds is 5. The van der Waals surface area contributed by atoms with Crippen LogP contribution in [0.5, 0.6) is 11.5 Å². The summed E-state index contributed by atoms with van der Waals surface area (Å²) in [6.07, 6.45) is 1.11. The molecule has 0 aliphatic carbocycles. The Morgan fingerprint density at radius 3 is 2.37 bits per heavy atom. The largest absolute Gasteiger partial charge is 0.497 e. The highest BCUT2D eigenvalue weighted by molar-refractivity contribution is 6.00. The topological polar surface area (TPSA) is 70.8 Å². The van der Waals surface area contributed by atoms with Crippen molar-refractivity contribution in [2.45, 2.75) is 25.0 Å². The fraction of sp³-hybridized carbons (Fsp3) is 0.500. The lowest BCUT2D eigenvalue weighted by atomic mass is 10.0. The van der Waals surface area contributed by atoms with Crippen molar-refractivity contribution in [2.75, 3.05) is 20.8 Å². The van der Waals surface area contributed by atoms with Gasteiger partial charge in [-0.15, -0.1) is 0 Å². The van der Waals surface area contributed by atoms with Crippen LogP contribution in [0.1, 0.15) is 23.2 Å². The van der Waals surface area contributed by atoms with Gasteiger partial charge in [0.1, 0.15) is 17.6 Å². The van der Waals surface area contributed by atoms with Gasteiger partial charge in [-0.3, -0.25) is 4.79 Å². The number of hydrogen-bond donors (Lipinski definition) is 1. The van der Waals surface area contributed by atoms with Crippen LogP contribution >= 0.6 is 0 Å². The normalized spacial score (nSPS) is 22.3. The Kier molecular flexibility index (Phi) is 4.39. The third-order valence-corrected chi connectivity index (χ3v) is 3.30. The van der Waals surface area contributed by atoms with Gasteiger partial charge in [0.2, 0.25) is 0 Å². The van der Waals surface area contributed by atoms with Gasteiger partial charge in [0, 0.05) is 18.2 Å². The summed E-state index contributed by atoms with van der Waals surface area (Å²) in [7, 11) is 3.11. The maximum Gasteiger partial charge on any atom is 0.191 e. The number of nitrogens with two attached hydrogens (primary N) is 1. The van der Waals surface area contributed by atoms with Crippen LogP contribution in [0.3, 0.4) is 0 Å². The molecule has 2 N–H and O–H groups in total. The molecular weight excluding hydrogens is 246 g/mol. The molecule has 5 heteroatoms. The Bertz CT molecular complexity index is 439. The summed E-state index contributed by atoms with van der Waals surface area (Å²) in [6, 6.07) is 5.13. The standard InChI is InChI=1S/C14H19NO4/c1-17-11-5-9(6-12(7-11)18-2)14(16)13-4-3-10(8-15)19-13/h5-7,10,13H,3-4,8,15H2,1-2H3. The van der Waals surface area contributed by atoms with E-state index < -0.39 is 6.10 Å². The van der Waals surface area contributed by atoms with E-state index in [2.05, 4.69) is 0 Å². The van der Waals surface area contributed by atoms with Crippen molar-refractivity contribution in [1.82, 2.24) is 0 Å². The van der Waals surface area contributed by atoms with Crippen LogP contribution in [-0.4, -0.2) is 38.8 Å². The van der Waals surface area contributed by atoms with Crippen LogP contribution in [0.4, 0.5) is 0 Å². The minimum absolute atomic E-state index is 0.0125. The summed E-state index contributed by atoms with van der Waals surface area (Å²) >= 11 is 0. The number of carbonyl (C=O) groups is 1. The number of ketones is 1. The maximum atomic E-state index is 12.4. The van der Waals surface area contributed by atoms with Gasteiger partial charge in [-0.2, -0.15) is 0 Å². The molecule has 0 amide bonds. The minimum atomic E-state index is -0.412. The Balaban J connectivity index is 2.19. The first kappa shape index (κ1) is 13.8. The predicted molar refractivity (Wildman–Crippen MR) is 70.8 cm³/mol. The van der Waals surface area contributed by atoms with Crippen LogP contribution in [0.25, 0.3) is 0 Å². The van der Waals surface area contributed by atoms with Gasteiger partial charge >= 0.3 is 0 Å². The number of carbonyl (C=O) groups excluding carboxylic acids is 1. The van der Waals surface area contributed by atoms with Crippen molar-refractivity contribution in [2.24, 2.45) is 5.73 Å².